The van der Waals surface area contributed by atoms with Crippen molar-refractivity contribution in [2.75, 3.05) is 13.2 Å². The molecule has 0 spiro atoms. The van der Waals surface area contributed by atoms with Gasteiger partial charge >= 0.3 is 12.1 Å². The van der Waals surface area contributed by atoms with Crippen LogP contribution in [0.4, 0.5) is 4.79 Å². The van der Waals surface area contributed by atoms with Gasteiger partial charge in [0.2, 0.25) is 5.91 Å². The smallest absolute Gasteiger partial charge is 0.408 e. The third-order valence-corrected chi connectivity index (χ3v) is 8.03. The zero-order valence-corrected chi connectivity index (χ0v) is 20.2. The molecule has 2 N–H and O–H groups in total. The summed E-state index contributed by atoms with van der Waals surface area (Å²) in [5.74, 6) is -1.39. The molecule has 2 aliphatic carbocycles. The summed E-state index contributed by atoms with van der Waals surface area (Å²) in [7, 11) is 0. The molecule has 1 unspecified atom stereocenters. The molecule has 1 heterocycles. The number of likely N-dealkylation sites (tertiary alicyclic amines) is 1. The van der Waals surface area contributed by atoms with Crippen LogP contribution in [0.25, 0.3) is 11.1 Å². The van der Waals surface area contributed by atoms with Crippen LogP contribution in [0.2, 0.25) is 0 Å². The van der Waals surface area contributed by atoms with E-state index in [4.69, 9.17) is 4.74 Å². The second-order valence-electron chi connectivity index (χ2n) is 10.3. The van der Waals surface area contributed by atoms with Crippen molar-refractivity contribution in [1.29, 1.82) is 0 Å². The van der Waals surface area contributed by atoms with Crippen LogP contribution < -0.4 is 5.32 Å². The minimum absolute atomic E-state index is 0.0499. The van der Waals surface area contributed by atoms with Crippen molar-refractivity contribution in [2.24, 2.45) is 11.8 Å². The zero-order valence-electron chi connectivity index (χ0n) is 20.2. The van der Waals surface area contributed by atoms with E-state index in [2.05, 4.69) is 29.6 Å². The fourth-order valence-corrected chi connectivity index (χ4v) is 5.83. The molecule has 7 nitrogen and oxygen atoms in total. The molecule has 2 aromatic rings. The van der Waals surface area contributed by atoms with Gasteiger partial charge in [0.25, 0.3) is 0 Å². The maximum atomic E-state index is 13.6. The van der Waals surface area contributed by atoms with Crippen molar-refractivity contribution in [3.63, 3.8) is 0 Å². The standard InChI is InChI=1S/C28H32N2O5/c1-17-15-18(25(31)32)13-14-30(17)26(33)28(2,19-11-12-19)29-27(34)35-16-24-22-9-5-3-7-20(22)21-8-4-6-10-23(21)24/h3-10,17-19,24H,11-16H2,1-2H3,(H,29,34)(H,31,32)/t17-,18-,28?/m0/s1. The van der Waals surface area contributed by atoms with E-state index in [1.807, 2.05) is 31.2 Å². The van der Waals surface area contributed by atoms with Crippen LogP contribution in [0.5, 0.6) is 0 Å². The van der Waals surface area contributed by atoms with Crippen LogP contribution in [-0.4, -0.2) is 52.7 Å². The highest BCUT2D eigenvalue weighted by Crippen LogP contribution is 2.45. The Hall–Kier alpha value is -3.35. The number of fused-ring (bicyclic) bond motifs is 3. The lowest BCUT2D eigenvalue weighted by Crippen LogP contribution is -2.62. The van der Waals surface area contributed by atoms with E-state index in [1.54, 1.807) is 11.8 Å². The summed E-state index contributed by atoms with van der Waals surface area (Å²) in [6.45, 7) is 4.24. The number of hydrogen-bond donors (Lipinski definition) is 2. The lowest BCUT2D eigenvalue weighted by molar-refractivity contribution is -0.150. The van der Waals surface area contributed by atoms with Crippen LogP contribution in [0, 0.1) is 11.8 Å². The molecule has 0 aromatic heterocycles. The number of nitrogens with one attached hydrogen (secondary N) is 1. The molecule has 5 rings (SSSR count). The lowest BCUT2D eigenvalue weighted by Gasteiger charge is -2.42. The Morgan fingerprint density at radius 2 is 1.63 bits per heavy atom. The van der Waals surface area contributed by atoms with E-state index in [0.29, 0.717) is 19.4 Å². The predicted molar refractivity (Wildman–Crippen MR) is 131 cm³/mol. The first kappa shape index (κ1) is 23.4. The lowest BCUT2D eigenvalue weighted by atomic mass is 9.87. The number of amides is 2. The van der Waals surface area contributed by atoms with Crippen LogP contribution in [0.3, 0.4) is 0 Å². The number of nitrogens with zero attached hydrogens (tertiary/aromatic N) is 1. The van der Waals surface area contributed by atoms with E-state index < -0.39 is 23.5 Å². The molecule has 184 valence electrons. The molecule has 2 amide bonds. The highest BCUT2D eigenvalue weighted by molar-refractivity contribution is 5.91. The summed E-state index contributed by atoms with van der Waals surface area (Å²) in [5, 5.41) is 12.3. The highest BCUT2D eigenvalue weighted by atomic mass is 16.5. The van der Waals surface area contributed by atoms with Gasteiger partial charge in [0.1, 0.15) is 12.1 Å². The van der Waals surface area contributed by atoms with Gasteiger partial charge in [0.15, 0.2) is 0 Å². The van der Waals surface area contributed by atoms with Crippen LogP contribution in [0.1, 0.15) is 56.6 Å². The van der Waals surface area contributed by atoms with Gasteiger partial charge in [-0.2, -0.15) is 0 Å². The van der Waals surface area contributed by atoms with Crippen molar-refractivity contribution >= 4 is 18.0 Å². The average Bonchev–Trinajstić information content (AvgIpc) is 3.66. The number of piperidine rings is 1. The summed E-state index contributed by atoms with van der Waals surface area (Å²) in [6, 6.07) is 16.1. The number of carbonyl (C=O) groups is 3. The Morgan fingerprint density at radius 1 is 1.03 bits per heavy atom. The number of carboxylic acid groups (broad SMARTS) is 1. The molecule has 0 bridgehead atoms. The fraction of sp³-hybridized carbons (Fsp3) is 0.464. The van der Waals surface area contributed by atoms with E-state index >= 15 is 0 Å². The molecule has 1 saturated heterocycles. The fourth-order valence-electron chi connectivity index (χ4n) is 5.83. The first-order valence-electron chi connectivity index (χ1n) is 12.5. The van der Waals surface area contributed by atoms with Crippen molar-refractivity contribution in [3.05, 3.63) is 59.7 Å². The summed E-state index contributed by atoms with van der Waals surface area (Å²) in [4.78, 5) is 39.8. The Balaban J connectivity index is 1.27. The maximum Gasteiger partial charge on any atom is 0.408 e. The SMILES string of the molecule is C[C@H]1C[C@@H](C(=O)O)CCN1C(=O)C(C)(NC(=O)OCC1c2ccccc2-c2ccccc21)C1CC1. The summed E-state index contributed by atoms with van der Waals surface area (Å²) >= 11 is 0. The number of benzene rings is 2. The molecular weight excluding hydrogens is 444 g/mol. The topological polar surface area (TPSA) is 95.9 Å². The van der Waals surface area contributed by atoms with Gasteiger partial charge in [-0.1, -0.05) is 48.5 Å². The Kier molecular flexibility index (Phi) is 6.03. The maximum absolute atomic E-state index is 13.6. The number of rotatable bonds is 6. The largest absolute Gasteiger partial charge is 0.481 e. The van der Waals surface area contributed by atoms with E-state index in [-0.39, 0.29) is 30.4 Å². The monoisotopic (exact) mass is 476 g/mol. The third kappa shape index (κ3) is 4.28. The normalized spacial score (nSPS) is 23.1. The number of hydrogen-bond acceptors (Lipinski definition) is 4. The number of ether oxygens (including phenoxy) is 1. The van der Waals surface area contributed by atoms with Gasteiger partial charge in [0.05, 0.1) is 5.92 Å². The minimum Gasteiger partial charge on any atom is -0.481 e. The van der Waals surface area contributed by atoms with Crippen LogP contribution in [0.15, 0.2) is 48.5 Å². The summed E-state index contributed by atoms with van der Waals surface area (Å²) in [5.41, 5.74) is 3.53. The number of aliphatic carboxylic acids is 1. The first-order valence-corrected chi connectivity index (χ1v) is 12.5. The molecule has 1 saturated carbocycles. The Morgan fingerprint density at radius 3 is 2.17 bits per heavy atom. The molecule has 0 radical (unpaired) electrons. The molecule has 1 aliphatic heterocycles. The first-order chi connectivity index (χ1) is 16.8. The van der Waals surface area contributed by atoms with E-state index in [1.165, 1.54) is 0 Å². The molecule has 2 fully saturated rings. The molecule has 3 aliphatic rings. The highest BCUT2D eigenvalue weighted by Gasteiger charge is 2.51. The predicted octanol–water partition coefficient (Wildman–Crippen LogP) is 4.41. The van der Waals surface area contributed by atoms with E-state index in [0.717, 1.165) is 35.1 Å². The number of carboxylic acids is 1. The second-order valence-corrected chi connectivity index (χ2v) is 10.3. The summed E-state index contributed by atoms with van der Waals surface area (Å²) < 4.78 is 5.73. The number of alkyl carbamates (subject to hydrolysis) is 1. The van der Waals surface area contributed by atoms with Gasteiger partial charge in [-0.25, -0.2) is 4.79 Å². The van der Waals surface area contributed by atoms with Gasteiger partial charge in [-0.3, -0.25) is 9.59 Å². The van der Waals surface area contributed by atoms with Crippen molar-refractivity contribution in [1.82, 2.24) is 10.2 Å². The molecular formula is C28H32N2O5. The quantitative estimate of drug-likeness (QED) is 0.644. The van der Waals surface area contributed by atoms with Crippen molar-refractivity contribution in [2.45, 2.75) is 57.0 Å². The molecule has 2 aromatic carbocycles. The molecule has 7 heteroatoms. The zero-order chi connectivity index (χ0) is 24.7. The van der Waals surface area contributed by atoms with Gasteiger partial charge in [0, 0.05) is 18.5 Å². The number of carbonyl (C=O) groups excluding carboxylic acids is 2. The summed E-state index contributed by atoms with van der Waals surface area (Å²) in [6.07, 6.45) is 1.99. The van der Waals surface area contributed by atoms with Gasteiger partial charge in [-0.05, 0) is 67.7 Å². The van der Waals surface area contributed by atoms with Crippen molar-refractivity contribution in [3.8, 4) is 11.1 Å². The van der Waals surface area contributed by atoms with Crippen molar-refractivity contribution < 1.29 is 24.2 Å². The van der Waals surface area contributed by atoms with Gasteiger partial charge in [-0.15, -0.1) is 0 Å². The minimum atomic E-state index is -1.06. The average molecular weight is 477 g/mol. The van der Waals surface area contributed by atoms with Crippen LogP contribution in [-0.2, 0) is 14.3 Å². The Labute approximate surface area is 205 Å². The second kappa shape index (κ2) is 9.02. The Bertz CT molecular complexity index is 1110. The molecule has 3 atom stereocenters. The molecule has 35 heavy (non-hydrogen) atoms. The van der Waals surface area contributed by atoms with Crippen LogP contribution >= 0.6 is 0 Å². The third-order valence-electron chi connectivity index (χ3n) is 8.03. The van der Waals surface area contributed by atoms with E-state index in [9.17, 15) is 19.5 Å². The van der Waals surface area contributed by atoms with Gasteiger partial charge < -0.3 is 20.1 Å².